The van der Waals surface area contributed by atoms with Crippen molar-refractivity contribution in [2.45, 2.75) is 31.7 Å². The van der Waals surface area contributed by atoms with Crippen LogP contribution in [0.25, 0.3) is 0 Å². The van der Waals surface area contributed by atoms with Crippen molar-refractivity contribution in [1.29, 1.82) is 0 Å². The SMILES string of the molecule is COc1ccc(CCC(=O)N2CCCC2CN)cc1F.Cl. The second-order valence-electron chi connectivity index (χ2n) is 5.09. The van der Waals surface area contributed by atoms with E-state index < -0.39 is 5.82 Å². The van der Waals surface area contributed by atoms with Crippen molar-refractivity contribution in [2.24, 2.45) is 5.73 Å². The van der Waals surface area contributed by atoms with E-state index in [1.807, 2.05) is 4.90 Å². The number of hydrogen-bond acceptors (Lipinski definition) is 3. The van der Waals surface area contributed by atoms with Crippen molar-refractivity contribution in [3.05, 3.63) is 29.6 Å². The Labute approximate surface area is 130 Å². The molecule has 0 aromatic heterocycles. The van der Waals surface area contributed by atoms with Crippen LogP contribution in [0.1, 0.15) is 24.8 Å². The number of nitrogens with two attached hydrogens (primary N) is 1. The summed E-state index contributed by atoms with van der Waals surface area (Å²) in [6.45, 7) is 1.31. The third kappa shape index (κ3) is 4.32. The Morgan fingerprint density at radius 2 is 2.29 bits per heavy atom. The van der Waals surface area contributed by atoms with Crippen molar-refractivity contribution in [3.63, 3.8) is 0 Å². The van der Waals surface area contributed by atoms with Gasteiger partial charge in [0, 0.05) is 25.6 Å². The molecular formula is C15H22ClFN2O2. The summed E-state index contributed by atoms with van der Waals surface area (Å²) in [7, 11) is 1.43. The van der Waals surface area contributed by atoms with Gasteiger partial charge in [-0.25, -0.2) is 4.39 Å². The summed E-state index contributed by atoms with van der Waals surface area (Å²) in [6.07, 6.45) is 2.93. The lowest BCUT2D eigenvalue weighted by Gasteiger charge is -2.23. The minimum Gasteiger partial charge on any atom is -0.494 e. The lowest BCUT2D eigenvalue weighted by atomic mass is 10.1. The minimum absolute atomic E-state index is 0. The largest absolute Gasteiger partial charge is 0.494 e. The topological polar surface area (TPSA) is 55.6 Å². The summed E-state index contributed by atoms with van der Waals surface area (Å²) >= 11 is 0. The molecular weight excluding hydrogens is 295 g/mol. The number of amides is 1. The number of ether oxygens (including phenoxy) is 1. The lowest BCUT2D eigenvalue weighted by molar-refractivity contribution is -0.131. The molecule has 4 nitrogen and oxygen atoms in total. The van der Waals surface area contributed by atoms with Crippen molar-refractivity contribution >= 4 is 18.3 Å². The van der Waals surface area contributed by atoms with E-state index in [0.717, 1.165) is 24.9 Å². The van der Waals surface area contributed by atoms with E-state index in [9.17, 15) is 9.18 Å². The highest BCUT2D eigenvalue weighted by Gasteiger charge is 2.26. The van der Waals surface area contributed by atoms with Crippen LogP contribution >= 0.6 is 12.4 Å². The van der Waals surface area contributed by atoms with Crippen LogP contribution in [0.15, 0.2) is 18.2 Å². The maximum atomic E-state index is 13.6. The molecule has 21 heavy (non-hydrogen) atoms. The predicted octanol–water partition coefficient (Wildman–Crippen LogP) is 2.14. The van der Waals surface area contributed by atoms with E-state index in [4.69, 9.17) is 10.5 Å². The van der Waals surface area contributed by atoms with Gasteiger partial charge in [-0.05, 0) is 37.0 Å². The summed E-state index contributed by atoms with van der Waals surface area (Å²) in [6, 6.07) is 4.99. The highest BCUT2D eigenvalue weighted by atomic mass is 35.5. The predicted molar refractivity (Wildman–Crippen MR) is 82.3 cm³/mol. The van der Waals surface area contributed by atoms with E-state index in [-0.39, 0.29) is 30.1 Å². The van der Waals surface area contributed by atoms with Crippen LogP contribution < -0.4 is 10.5 Å². The summed E-state index contributed by atoms with van der Waals surface area (Å²) in [5, 5.41) is 0. The average molecular weight is 317 g/mol. The molecule has 0 bridgehead atoms. The third-order valence-electron chi connectivity index (χ3n) is 3.81. The van der Waals surface area contributed by atoms with Crippen molar-refractivity contribution in [3.8, 4) is 5.75 Å². The molecule has 0 radical (unpaired) electrons. The molecule has 2 rings (SSSR count). The monoisotopic (exact) mass is 316 g/mol. The van der Waals surface area contributed by atoms with Crippen LogP contribution in [-0.2, 0) is 11.2 Å². The first-order valence-corrected chi connectivity index (χ1v) is 6.97. The van der Waals surface area contributed by atoms with Crippen LogP contribution in [0.5, 0.6) is 5.75 Å². The molecule has 0 saturated carbocycles. The molecule has 1 heterocycles. The number of methoxy groups -OCH3 is 1. The van der Waals surface area contributed by atoms with E-state index >= 15 is 0 Å². The molecule has 6 heteroatoms. The number of hydrogen-bond donors (Lipinski definition) is 1. The van der Waals surface area contributed by atoms with Gasteiger partial charge >= 0.3 is 0 Å². The van der Waals surface area contributed by atoms with Crippen molar-refractivity contribution in [2.75, 3.05) is 20.2 Å². The molecule has 1 aromatic rings. The summed E-state index contributed by atoms with van der Waals surface area (Å²) in [5.41, 5.74) is 6.47. The van der Waals surface area contributed by atoms with Gasteiger partial charge in [-0.15, -0.1) is 12.4 Å². The number of aryl methyl sites for hydroxylation is 1. The first-order chi connectivity index (χ1) is 9.65. The molecule has 118 valence electrons. The van der Waals surface area contributed by atoms with E-state index in [1.165, 1.54) is 13.2 Å². The van der Waals surface area contributed by atoms with Crippen LogP contribution in [0.4, 0.5) is 4.39 Å². The molecule has 1 saturated heterocycles. The van der Waals surface area contributed by atoms with E-state index in [0.29, 0.717) is 19.4 Å². The van der Waals surface area contributed by atoms with Gasteiger partial charge in [0.15, 0.2) is 11.6 Å². The fraction of sp³-hybridized carbons (Fsp3) is 0.533. The molecule has 1 amide bonds. The van der Waals surface area contributed by atoms with Crippen LogP contribution in [0.2, 0.25) is 0 Å². The fourth-order valence-electron chi connectivity index (χ4n) is 2.67. The average Bonchev–Trinajstić information content (AvgIpc) is 2.93. The third-order valence-corrected chi connectivity index (χ3v) is 3.81. The molecule has 1 unspecified atom stereocenters. The van der Waals surface area contributed by atoms with E-state index in [1.54, 1.807) is 12.1 Å². The van der Waals surface area contributed by atoms with Crippen molar-refractivity contribution in [1.82, 2.24) is 4.90 Å². The van der Waals surface area contributed by atoms with Crippen molar-refractivity contribution < 1.29 is 13.9 Å². The van der Waals surface area contributed by atoms with Crippen LogP contribution in [0, 0.1) is 5.82 Å². The standard InChI is InChI=1S/C15H21FN2O2.ClH/c1-20-14-6-4-11(9-13(14)16)5-7-15(19)18-8-2-3-12(18)10-17;/h4,6,9,12H,2-3,5,7-8,10,17H2,1H3;1H. The fourth-order valence-corrected chi connectivity index (χ4v) is 2.67. The highest BCUT2D eigenvalue weighted by molar-refractivity contribution is 5.85. The van der Waals surface area contributed by atoms with Gasteiger partial charge in [0.05, 0.1) is 7.11 Å². The number of carbonyl (C=O) groups excluding carboxylic acids is 1. The number of halogens is 2. The molecule has 2 N–H and O–H groups in total. The Morgan fingerprint density at radius 1 is 1.52 bits per heavy atom. The Morgan fingerprint density at radius 3 is 2.90 bits per heavy atom. The molecule has 0 spiro atoms. The number of benzene rings is 1. The molecule has 1 fully saturated rings. The quantitative estimate of drug-likeness (QED) is 0.905. The van der Waals surface area contributed by atoms with Crippen LogP contribution in [-0.4, -0.2) is 37.0 Å². The number of carbonyl (C=O) groups is 1. The first kappa shape index (κ1) is 17.7. The lowest BCUT2D eigenvalue weighted by Crippen LogP contribution is -2.39. The summed E-state index contributed by atoms with van der Waals surface area (Å²) < 4.78 is 18.4. The molecule has 1 aromatic carbocycles. The van der Waals surface area contributed by atoms with Crippen LogP contribution in [0.3, 0.4) is 0 Å². The zero-order valence-electron chi connectivity index (χ0n) is 12.2. The van der Waals surface area contributed by atoms with Gasteiger partial charge in [0.25, 0.3) is 0 Å². The maximum Gasteiger partial charge on any atom is 0.223 e. The van der Waals surface area contributed by atoms with E-state index in [2.05, 4.69) is 0 Å². The van der Waals surface area contributed by atoms with Gasteiger partial charge in [-0.2, -0.15) is 0 Å². The first-order valence-electron chi connectivity index (χ1n) is 6.97. The smallest absolute Gasteiger partial charge is 0.223 e. The molecule has 0 aliphatic carbocycles. The number of nitrogens with zero attached hydrogens (tertiary/aromatic N) is 1. The van der Waals surface area contributed by atoms with Gasteiger partial charge in [-0.1, -0.05) is 6.07 Å². The Kier molecular flexibility index (Phi) is 6.92. The molecule has 1 aliphatic heterocycles. The Hall–Kier alpha value is -1.33. The molecule has 1 aliphatic rings. The zero-order chi connectivity index (χ0) is 14.5. The second kappa shape index (κ2) is 8.20. The van der Waals surface area contributed by atoms with Gasteiger partial charge in [0.1, 0.15) is 0 Å². The number of rotatable bonds is 5. The highest BCUT2D eigenvalue weighted by Crippen LogP contribution is 2.20. The summed E-state index contributed by atoms with van der Waals surface area (Å²) in [4.78, 5) is 14.0. The summed E-state index contributed by atoms with van der Waals surface area (Å²) in [5.74, 6) is -0.0598. The molecule has 1 atom stereocenters. The zero-order valence-corrected chi connectivity index (χ0v) is 13.0. The second-order valence-corrected chi connectivity index (χ2v) is 5.09. The number of likely N-dealkylation sites (tertiary alicyclic amines) is 1. The normalized spacial score (nSPS) is 17.5. The Balaban J connectivity index is 0.00000220. The Bertz CT molecular complexity index is 485. The van der Waals surface area contributed by atoms with Gasteiger partial charge < -0.3 is 15.4 Å². The maximum absolute atomic E-state index is 13.6. The van der Waals surface area contributed by atoms with Gasteiger partial charge in [-0.3, -0.25) is 4.79 Å². The minimum atomic E-state index is -0.390. The van der Waals surface area contributed by atoms with Gasteiger partial charge in [0.2, 0.25) is 5.91 Å².